The second-order valence-corrected chi connectivity index (χ2v) is 13.8. The van der Waals surface area contributed by atoms with E-state index >= 15 is 0 Å². The van der Waals surface area contributed by atoms with E-state index in [1.165, 1.54) is 0 Å². The summed E-state index contributed by atoms with van der Waals surface area (Å²) in [6, 6.07) is 64.7. The fourth-order valence-corrected chi connectivity index (χ4v) is 7.68. The van der Waals surface area contributed by atoms with Crippen LogP contribution in [0, 0.1) is 11.3 Å². The smallest absolute Gasteiger partial charge is 0.164 e. The van der Waals surface area contributed by atoms with Crippen molar-refractivity contribution in [2.24, 2.45) is 0 Å². The molecule has 2 heterocycles. The van der Waals surface area contributed by atoms with Crippen LogP contribution in [0.5, 0.6) is 0 Å². The molecule has 0 aliphatic heterocycles. The van der Waals surface area contributed by atoms with Crippen molar-refractivity contribution < 1.29 is 0 Å². The molecule has 10 rings (SSSR count). The minimum Gasteiger partial charge on any atom is -0.256 e. The van der Waals surface area contributed by atoms with E-state index in [1.807, 2.05) is 91.1 Å². The summed E-state index contributed by atoms with van der Waals surface area (Å²) < 4.78 is 0. The number of hydrogen-bond acceptors (Lipinski definition) is 5. The fraction of sp³-hybridized carbons (Fsp3) is 0. The molecule has 0 spiro atoms. The lowest BCUT2D eigenvalue weighted by molar-refractivity contribution is 1.07. The summed E-state index contributed by atoms with van der Waals surface area (Å²) in [6.45, 7) is 0. The normalized spacial score (nSPS) is 11.2. The maximum absolute atomic E-state index is 9.66. The molecule has 8 aromatic carbocycles. The van der Waals surface area contributed by atoms with Crippen LogP contribution in [0.15, 0.2) is 188 Å². The van der Waals surface area contributed by atoms with Crippen LogP contribution in [0.4, 0.5) is 0 Å². The van der Waals surface area contributed by atoms with Gasteiger partial charge in [-0.15, -0.1) is 0 Å². The third-order valence-corrected chi connectivity index (χ3v) is 10.4. The highest BCUT2D eigenvalue weighted by Crippen LogP contribution is 2.42. The molecular formula is C51H31N5. The van der Waals surface area contributed by atoms with Crippen molar-refractivity contribution in [1.82, 2.24) is 19.9 Å². The lowest BCUT2D eigenvalue weighted by Gasteiger charge is -2.16. The van der Waals surface area contributed by atoms with Gasteiger partial charge in [-0.1, -0.05) is 140 Å². The third-order valence-electron chi connectivity index (χ3n) is 10.4. The molecule has 0 saturated carbocycles. The summed E-state index contributed by atoms with van der Waals surface area (Å²) in [5.41, 5.74) is 10.7. The number of hydrogen-bond donors (Lipinski definition) is 0. The molecule has 0 radical (unpaired) electrons. The molecule has 260 valence electrons. The van der Waals surface area contributed by atoms with Gasteiger partial charge in [-0.2, -0.15) is 5.26 Å². The summed E-state index contributed by atoms with van der Waals surface area (Å²) in [5, 5.41) is 15.3. The quantitative estimate of drug-likeness (QED) is 0.160. The number of rotatable bonds is 6. The van der Waals surface area contributed by atoms with Crippen LogP contribution in [0.2, 0.25) is 0 Å². The van der Waals surface area contributed by atoms with Gasteiger partial charge in [0.25, 0.3) is 0 Å². The monoisotopic (exact) mass is 713 g/mol. The van der Waals surface area contributed by atoms with Gasteiger partial charge in [0, 0.05) is 33.8 Å². The van der Waals surface area contributed by atoms with Crippen molar-refractivity contribution in [3.8, 4) is 73.6 Å². The average molecular weight is 714 g/mol. The summed E-state index contributed by atoms with van der Waals surface area (Å²) in [7, 11) is 0. The van der Waals surface area contributed by atoms with Crippen LogP contribution >= 0.6 is 0 Å². The Balaban J connectivity index is 1.11. The van der Waals surface area contributed by atoms with Crippen molar-refractivity contribution in [1.29, 1.82) is 5.26 Å². The molecule has 0 amide bonds. The topological polar surface area (TPSA) is 75.3 Å². The predicted octanol–water partition coefficient (Wildman–Crippen LogP) is 12.6. The minimum absolute atomic E-state index is 0.621. The van der Waals surface area contributed by atoms with E-state index in [0.717, 1.165) is 82.5 Å². The zero-order valence-corrected chi connectivity index (χ0v) is 30.1. The van der Waals surface area contributed by atoms with Gasteiger partial charge in [0.2, 0.25) is 0 Å². The summed E-state index contributed by atoms with van der Waals surface area (Å²) >= 11 is 0. The largest absolute Gasteiger partial charge is 0.256 e. The number of fused-ring (bicyclic) bond motifs is 5. The Morgan fingerprint density at radius 2 is 0.821 bits per heavy atom. The molecule has 0 aliphatic rings. The van der Waals surface area contributed by atoms with Crippen LogP contribution < -0.4 is 0 Å². The first kappa shape index (κ1) is 32.8. The Morgan fingerprint density at radius 1 is 0.339 bits per heavy atom. The van der Waals surface area contributed by atoms with E-state index in [0.29, 0.717) is 23.0 Å². The Morgan fingerprint density at radius 3 is 1.50 bits per heavy atom. The van der Waals surface area contributed by atoms with E-state index in [1.54, 1.807) is 0 Å². The van der Waals surface area contributed by atoms with E-state index in [9.17, 15) is 5.26 Å². The average Bonchev–Trinajstić information content (AvgIpc) is 3.29. The van der Waals surface area contributed by atoms with Gasteiger partial charge in [0.1, 0.15) is 0 Å². The van der Waals surface area contributed by atoms with Crippen molar-refractivity contribution in [3.05, 3.63) is 194 Å². The third kappa shape index (κ3) is 5.92. The number of benzene rings is 8. The first-order valence-electron chi connectivity index (χ1n) is 18.5. The van der Waals surface area contributed by atoms with Crippen LogP contribution in [-0.2, 0) is 0 Å². The van der Waals surface area contributed by atoms with Crippen LogP contribution in [0.1, 0.15) is 5.56 Å². The lowest BCUT2D eigenvalue weighted by Crippen LogP contribution is -2.00. The van der Waals surface area contributed by atoms with E-state index < -0.39 is 0 Å². The molecule has 0 saturated heterocycles. The molecule has 0 unspecified atom stereocenters. The van der Waals surface area contributed by atoms with Crippen molar-refractivity contribution in [3.63, 3.8) is 0 Å². The molecule has 0 bridgehead atoms. The Bertz CT molecular complexity index is 3090. The molecule has 0 aliphatic carbocycles. The van der Waals surface area contributed by atoms with Gasteiger partial charge in [-0.25, -0.2) is 15.0 Å². The van der Waals surface area contributed by atoms with Crippen molar-refractivity contribution in [2.45, 2.75) is 0 Å². The number of nitriles is 1. The van der Waals surface area contributed by atoms with Crippen LogP contribution in [0.3, 0.4) is 0 Å². The molecule has 0 fully saturated rings. The van der Waals surface area contributed by atoms with E-state index in [2.05, 4.69) is 103 Å². The van der Waals surface area contributed by atoms with Gasteiger partial charge in [0.05, 0.1) is 17.1 Å². The Kier molecular flexibility index (Phi) is 8.13. The standard InChI is InChI=1S/C51H31N5/c52-32-33-13-9-20-38(27-33)45-31-46-42-24-8-7-23-41(42)44(30-47(46)43-25-12-26-53-48(43)45)39-21-10-18-36(28-39)37-19-11-22-40(29-37)51-55-49(34-14-3-1-4-15-34)54-50(56-51)35-16-5-2-6-17-35/h1-31H. The van der Waals surface area contributed by atoms with Gasteiger partial charge in [-0.3, -0.25) is 4.98 Å². The van der Waals surface area contributed by atoms with Crippen molar-refractivity contribution >= 4 is 32.4 Å². The molecule has 0 atom stereocenters. The predicted molar refractivity (Wildman–Crippen MR) is 227 cm³/mol. The molecule has 5 nitrogen and oxygen atoms in total. The molecule has 56 heavy (non-hydrogen) atoms. The van der Waals surface area contributed by atoms with Gasteiger partial charge in [0.15, 0.2) is 17.5 Å². The van der Waals surface area contributed by atoms with Gasteiger partial charge < -0.3 is 0 Å². The molecule has 0 N–H and O–H groups in total. The summed E-state index contributed by atoms with van der Waals surface area (Å²) in [5.74, 6) is 1.89. The maximum atomic E-state index is 9.66. The molecule has 10 aromatic rings. The first-order valence-corrected chi connectivity index (χ1v) is 18.5. The highest BCUT2D eigenvalue weighted by molar-refractivity contribution is 6.23. The number of aromatic nitrogens is 4. The highest BCUT2D eigenvalue weighted by Gasteiger charge is 2.17. The zero-order chi connectivity index (χ0) is 37.4. The van der Waals surface area contributed by atoms with Crippen LogP contribution in [0.25, 0.3) is 100.0 Å². The highest BCUT2D eigenvalue weighted by atomic mass is 15.0. The number of nitrogens with zero attached hydrogens (tertiary/aromatic N) is 5. The second kappa shape index (κ2) is 13.9. The second-order valence-electron chi connectivity index (χ2n) is 13.8. The lowest BCUT2D eigenvalue weighted by atomic mass is 9.88. The molecular weight excluding hydrogens is 683 g/mol. The van der Waals surface area contributed by atoms with Crippen LogP contribution in [-0.4, -0.2) is 19.9 Å². The van der Waals surface area contributed by atoms with E-state index in [4.69, 9.17) is 19.9 Å². The zero-order valence-electron chi connectivity index (χ0n) is 30.1. The summed E-state index contributed by atoms with van der Waals surface area (Å²) in [6.07, 6.45) is 1.84. The summed E-state index contributed by atoms with van der Waals surface area (Å²) in [4.78, 5) is 19.7. The SMILES string of the molecule is N#Cc1cccc(-c2cc3c4ccccc4c(-c4cccc(-c5cccc(-c6nc(-c7ccccc7)nc(-c7ccccc7)n6)c5)c4)cc3c3cccnc23)c1. The first-order chi connectivity index (χ1) is 27.7. The fourth-order valence-electron chi connectivity index (χ4n) is 7.68. The van der Waals surface area contributed by atoms with Crippen molar-refractivity contribution in [2.75, 3.05) is 0 Å². The maximum Gasteiger partial charge on any atom is 0.164 e. The molecule has 2 aromatic heterocycles. The van der Waals surface area contributed by atoms with E-state index in [-0.39, 0.29) is 0 Å². The van der Waals surface area contributed by atoms with Gasteiger partial charge in [-0.05, 0) is 91.8 Å². The minimum atomic E-state index is 0.621. The van der Waals surface area contributed by atoms with Gasteiger partial charge >= 0.3 is 0 Å². The number of pyridine rings is 1. The Labute approximate surface area is 323 Å². The Hall–Kier alpha value is -7.81. The molecule has 5 heteroatoms.